The van der Waals surface area contributed by atoms with Crippen LogP contribution in [-0.2, 0) is 4.79 Å². The highest BCUT2D eigenvalue weighted by Gasteiger charge is 2.33. The number of amides is 1. The van der Waals surface area contributed by atoms with E-state index >= 15 is 0 Å². The van der Waals surface area contributed by atoms with Crippen LogP contribution in [0, 0.1) is 5.41 Å². The Hall–Kier alpha value is -0.983. The molecule has 1 heterocycles. The number of carbonyl (C=O) groups is 1. The molecule has 1 amide bonds. The van der Waals surface area contributed by atoms with Gasteiger partial charge in [0.1, 0.15) is 4.60 Å². The van der Waals surface area contributed by atoms with Gasteiger partial charge in [0.25, 0.3) is 0 Å². The van der Waals surface area contributed by atoms with Gasteiger partial charge in [-0.1, -0.05) is 58.6 Å². The predicted octanol–water partition coefficient (Wildman–Crippen LogP) is 5.16. The van der Waals surface area contributed by atoms with Crippen LogP contribution in [0.3, 0.4) is 0 Å². The van der Waals surface area contributed by atoms with Gasteiger partial charge in [-0.3, -0.25) is 9.69 Å². The summed E-state index contributed by atoms with van der Waals surface area (Å²) in [6.45, 7) is 12.7. The second kappa shape index (κ2) is 6.49. The Morgan fingerprint density at radius 3 is 2.17 bits per heavy atom. The van der Waals surface area contributed by atoms with Gasteiger partial charge in [-0.2, -0.15) is 0 Å². The molecule has 2 rings (SSSR count). The van der Waals surface area contributed by atoms with Crippen molar-refractivity contribution in [2.75, 3.05) is 4.90 Å². The second-order valence-electron chi connectivity index (χ2n) is 7.59. The molecule has 0 saturated carbocycles. The van der Waals surface area contributed by atoms with E-state index in [4.69, 9.17) is 0 Å². The number of rotatable bonds is 3. The zero-order chi connectivity index (χ0) is 17.4. The zero-order valence-electron chi connectivity index (χ0n) is 14.5. The molecule has 0 saturated heterocycles. The highest BCUT2D eigenvalue weighted by atomic mass is 79.9. The molecule has 1 aromatic carbocycles. The molecule has 3 nitrogen and oxygen atoms in total. The second-order valence-corrected chi connectivity index (χ2v) is 14.7. The van der Waals surface area contributed by atoms with Gasteiger partial charge in [0, 0.05) is 9.92 Å². The Labute approximate surface area is 151 Å². The fraction of sp³-hybridized carbons (Fsp3) is 0.412. The Kier molecular flexibility index (Phi) is 5.18. The first-order valence-corrected chi connectivity index (χ1v) is 12.7. The molecule has 0 aliphatic heterocycles. The standard InChI is InChI=1S/C17H23BrN2OSSi/c1-17(2,3)15(21)20(12-10-8-7-9-11-12)16-19-13(18)14(22-16)23(4,5)6/h7-11H,1-6H3. The molecule has 124 valence electrons. The van der Waals surface area contributed by atoms with E-state index in [-0.39, 0.29) is 5.91 Å². The van der Waals surface area contributed by atoms with Crippen molar-refractivity contribution in [1.82, 2.24) is 4.98 Å². The Morgan fingerprint density at radius 2 is 1.74 bits per heavy atom. The third kappa shape index (κ3) is 4.11. The monoisotopic (exact) mass is 410 g/mol. The molecule has 0 bridgehead atoms. The number of halogens is 1. The van der Waals surface area contributed by atoms with Gasteiger partial charge in [-0.05, 0) is 28.1 Å². The molecule has 2 aromatic rings. The minimum Gasteiger partial charge on any atom is -0.273 e. The lowest BCUT2D eigenvalue weighted by atomic mass is 9.94. The summed E-state index contributed by atoms with van der Waals surface area (Å²) in [5, 5.41) is 0.737. The van der Waals surface area contributed by atoms with Crippen molar-refractivity contribution in [3.63, 3.8) is 0 Å². The summed E-state index contributed by atoms with van der Waals surface area (Å²) in [5.41, 5.74) is 0.378. The number of carbonyl (C=O) groups excluding carboxylic acids is 1. The molecule has 23 heavy (non-hydrogen) atoms. The summed E-state index contributed by atoms with van der Waals surface area (Å²) in [6, 6.07) is 9.75. The van der Waals surface area contributed by atoms with Gasteiger partial charge in [-0.15, -0.1) is 11.3 Å². The first-order chi connectivity index (χ1) is 10.5. The molecule has 0 spiro atoms. The Balaban J connectivity index is 2.58. The quantitative estimate of drug-likeness (QED) is 0.654. The molecular weight excluding hydrogens is 388 g/mol. The minimum absolute atomic E-state index is 0.0482. The number of benzene rings is 1. The van der Waals surface area contributed by atoms with Crippen LogP contribution < -0.4 is 9.40 Å². The highest BCUT2D eigenvalue weighted by molar-refractivity contribution is 9.10. The van der Waals surface area contributed by atoms with Crippen molar-refractivity contribution in [2.45, 2.75) is 40.4 Å². The maximum absolute atomic E-state index is 13.0. The molecular formula is C17H23BrN2OSSi. The Morgan fingerprint density at radius 1 is 1.17 bits per heavy atom. The average Bonchev–Trinajstić information content (AvgIpc) is 2.81. The SMILES string of the molecule is CC(C)(C)C(=O)N(c1ccccc1)c1nc(Br)c([Si](C)(C)C)s1. The lowest BCUT2D eigenvalue weighted by Gasteiger charge is -2.27. The third-order valence-electron chi connectivity index (χ3n) is 3.31. The maximum atomic E-state index is 13.0. The lowest BCUT2D eigenvalue weighted by Crippen LogP contribution is -2.37. The van der Waals surface area contributed by atoms with Crippen molar-refractivity contribution in [1.29, 1.82) is 0 Å². The molecule has 1 aromatic heterocycles. The minimum atomic E-state index is -1.51. The number of hydrogen-bond donors (Lipinski definition) is 0. The van der Waals surface area contributed by atoms with Crippen LogP contribution in [0.5, 0.6) is 0 Å². The van der Waals surface area contributed by atoms with Crippen LogP contribution in [0.4, 0.5) is 10.8 Å². The van der Waals surface area contributed by atoms with Crippen molar-refractivity contribution in [3.8, 4) is 0 Å². The summed E-state index contributed by atoms with van der Waals surface area (Å²) in [6.07, 6.45) is 0. The molecule has 0 unspecified atom stereocenters. The van der Waals surface area contributed by atoms with Crippen molar-refractivity contribution >= 4 is 56.6 Å². The van der Waals surface area contributed by atoms with E-state index in [1.54, 1.807) is 16.2 Å². The summed E-state index contributed by atoms with van der Waals surface area (Å²) in [7, 11) is -1.51. The maximum Gasteiger partial charge on any atom is 0.238 e. The van der Waals surface area contributed by atoms with Gasteiger partial charge in [0.15, 0.2) is 5.13 Å². The lowest BCUT2D eigenvalue weighted by molar-refractivity contribution is -0.125. The van der Waals surface area contributed by atoms with Gasteiger partial charge in [0.05, 0.1) is 13.8 Å². The van der Waals surface area contributed by atoms with Crippen LogP contribution in [0.15, 0.2) is 34.9 Å². The normalized spacial score (nSPS) is 12.3. The number of para-hydroxylation sites is 1. The summed E-state index contributed by atoms with van der Waals surface area (Å²) < 4.78 is 2.15. The van der Waals surface area contributed by atoms with Crippen molar-refractivity contribution in [3.05, 3.63) is 34.9 Å². The summed E-state index contributed by atoms with van der Waals surface area (Å²) >= 11 is 5.21. The topological polar surface area (TPSA) is 33.2 Å². The number of hydrogen-bond acceptors (Lipinski definition) is 3. The molecule has 0 atom stereocenters. The van der Waals surface area contributed by atoms with Crippen molar-refractivity contribution in [2.24, 2.45) is 5.41 Å². The molecule has 0 aliphatic carbocycles. The number of thiazole rings is 1. The Bertz CT molecular complexity index is 702. The van der Waals surface area contributed by atoms with E-state index in [2.05, 4.69) is 40.6 Å². The van der Waals surface area contributed by atoms with E-state index in [1.807, 2.05) is 51.1 Å². The van der Waals surface area contributed by atoms with Gasteiger partial charge in [-0.25, -0.2) is 4.98 Å². The van der Waals surface area contributed by atoms with Gasteiger partial charge in [0.2, 0.25) is 5.91 Å². The summed E-state index contributed by atoms with van der Waals surface area (Å²) in [5.74, 6) is 0.0482. The molecule has 0 N–H and O–H groups in total. The predicted molar refractivity (Wildman–Crippen MR) is 106 cm³/mol. The highest BCUT2D eigenvalue weighted by Crippen LogP contribution is 2.34. The first-order valence-electron chi connectivity index (χ1n) is 7.58. The molecule has 0 fully saturated rings. The molecule has 6 heteroatoms. The van der Waals surface area contributed by atoms with Gasteiger partial charge < -0.3 is 0 Å². The smallest absolute Gasteiger partial charge is 0.238 e. The van der Waals surface area contributed by atoms with Crippen LogP contribution in [-0.4, -0.2) is 19.0 Å². The van der Waals surface area contributed by atoms with E-state index in [9.17, 15) is 4.79 Å². The van der Waals surface area contributed by atoms with E-state index in [0.717, 1.165) is 15.4 Å². The van der Waals surface area contributed by atoms with Gasteiger partial charge >= 0.3 is 0 Å². The molecule has 0 aliphatic rings. The average molecular weight is 411 g/mol. The summed E-state index contributed by atoms with van der Waals surface area (Å²) in [4.78, 5) is 19.4. The fourth-order valence-electron chi connectivity index (χ4n) is 2.08. The van der Waals surface area contributed by atoms with Crippen LogP contribution in [0.1, 0.15) is 20.8 Å². The van der Waals surface area contributed by atoms with Crippen LogP contribution in [0.25, 0.3) is 0 Å². The largest absolute Gasteiger partial charge is 0.273 e. The number of nitrogens with zero attached hydrogens (tertiary/aromatic N) is 2. The van der Waals surface area contributed by atoms with Crippen LogP contribution in [0.2, 0.25) is 19.6 Å². The fourth-order valence-corrected chi connectivity index (χ4v) is 7.29. The van der Waals surface area contributed by atoms with Crippen molar-refractivity contribution < 1.29 is 4.79 Å². The third-order valence-corrected chi connectivity index (χ3v) is 9.10. The number of aromatic nitrogens is 1. The zero-order valence-corrected chi connectivity index (χ0v) is 17.9. The van der Waals surface area contributed by atoms with E-state index < -0.39 is 13.5 Å². The first kappa shape index (κ1) is 18.4. The van der Waals surface area contributed by atoms with E-state index in [1.165, 1.54) is 4.50 Å². The number of anilines is 2. The van der Waals surface area contributed by atoms with E-state index in [0.29, 0.717) is 0 Å². The van der Waals surface area contributed by atoms with Crippen LogP contribution >= 0.6 is 27.3 Å². The molecule has 0 radical (unpaired) electrons.